The Morgan fingerprint density at radius 1 is 0.405 bits per heavy atom. The second kappa shape index (κ2) is 65.9. The minimum absolute atomic E-state index is 0.00795. The van der Waals surface area contributed by atoms with Gasteiger partial charge >= 0.3 is 0 Å². The highest BCUT2D eigenvalue weighted by Crippen LogP contribution is 2.38. The predicted octanol–water partition coefficient (Wildman–Crippen LogP) is 23.2. The highest BCUT2D eigenvalue weighted by molar-refractivity contribution is 7.45. The van der Waals surface area contributed by atoms with Crippen molar-refractivity contribution in [1.82, 2.24) is 5.32 Å². The molecule has 0 aromatic heterocycles. The average Bonchev–Trinajstić information content (AvgIpc) is 3.56. The van der Waals surface area contributed by atoms with E-state index in [4.69, 9.17) is 9.05 Å². The van der Waals surface area contributed by atoms with E-state index in [2.05, 4.69) is 55.6 Å². The van der Waals surface area contributed by atoms with Gasteiger partial charge in [-0.15, -0.1) is 0 Å². The van der Waals surface area contributed by atoms with Crippen LogP contribution >= 0.6 is 7.82 Å². The number of quaternary nitrogens is 1. The van der Waals surface area contributed by atoms with Crippen LogP contribution in [0.1, 0.15) is 373 Å². The fourth-order valence-electron chi connectivity index (χ4n) is 11.2. The molecule has 0 spiro atoms. The van der Waals surface area contributed by atoms with Crippen LogP contribution in [0.25, 0.3) is 0 Å². The summed E-state index contributed by atoms with van der Waals surface area (Å²) in [6.07, 6.45) is 89.8. The SMILES string of the molecule is CCCCCCCCCC/C=C\CCCCCCCCCCCCCCCCCCCCCCCC(=O)NC(COP(=O)([O-])OCC[N+](C)(C)C)C(O)/C=C/CC/C=C/CC/C=C/CCCCCCCCCCCCCCCCCCCCC. The molecule has 2 N–H and O–H groups in total. The average molecular weight is 1200 g/mol. The van der Waals surface area contributed by atoms with Gasteiger partial charge in [0, 0.05) is 6.42 Å². The number of phosphoric ester groups is 1. The van der Waals surface area contributed by atoms with Crippen molar-refractivity contribution >= 4 is 13.7 Å². The maximum absolute atomic E-state index is 13.0. The monoisotopic (exact) mass is 1200 g/mol. The molecular formula is C75H145N2O6P. The Balaban J connectivity index is 4.06. The van der Waals surface area contributed by atoms with Crippen molar-refractivity contribution in [3.63, 3.8) is 0 Å². The lowest BCUT2D eigenvalue weighted by Gasteiger charge is -2.29. The van der Waals surface area contributed by atoms with Gasteiger partial charge in [-0.1, -0.05) is 345 Å². The van der Waals surface area contributed by atoms with Crippen molar-refractivity contribution in [2.24, 2.45) is 0 Å². The molecule has 0 saturated heterocycles. The van der Waals surface area contributed by atoms with E-state index >= 15 is 0 Å². The summed E-state index contributed by atoms with van der Waals surface area (Å²) in [6, 6.07) is -0.911. The molecule has 3 atom stereocenters. The second-order valence-electron chi connectivity index (χ2n) is 26.6. The van der Waals surface area contributed by atoms with E-state index in [9.17, 15) is 19.4 Å². The molecule has 1 amide bonds. The van der Waals surface area contributed by atoms with Crippen molar-refractivity contribution in [2.45, 2.75) is 386 Å². The van der Waals surface area contributed by atoms with Crippen LogP contribution in [0, 0.1) is 0 Å². The lowest BCUT2D eigenvalue weighted by molar-refractivity contribution is -0.870. The third kappa shape index (κ3) is 68.0. The number of nitrogens with one attached hydrogen (secondary N) is 1. The molecule has 0 aliphatic carbocycles. The van der Waals surface area contributed by atoms with Crippen LogP contribution in [-0.4, -0.2) is 68.5 Å². The summed E-state index contributed by atoms with van der Waals surface area (Å²) in [6.45, 7) is 4.68. The van der Waals surface area contributed by atoms with Crippen molar-refractivity contribution in [1.29, 1.82) is 0 Å². The number of aliphatic hydroxyl groups is 1. The Hall–Kier alpha value is -1.54. The van der Waals surface area contributed by atoms with Gasteiger partial charge in [-0.05, 0) is 70.6 Å². The third-order valence-corrected chi connectivity index (χ3v) is 18.0. The number of allylic oxidation sites excluding steroid dienone is 7. The van der Waals surface area contributed by atoms with Crippen LogP contribution in [0.4, 0.5) is 0 Å². The fourth-order valence-corrected chi connectivity index (χ4v) is 12.0. The van der Waals surface area contributed by atoms with Gasteiger partial charge in [-0.3, -0.25) is 9.36 Å². The van der Waals surface area contributed by atoms with Crippen LogP contribution in [0.15, 0.2) is 48.6 Å². The number of nitrogens with zero attached hydrogens (tertiary/aromatic N) is 1. The molecule has 3 unspecified atom stereocenters. The first-order chi connectivity index (χ1) is 41.0. The molecule has 0 rings (SSSR count). The molecule has 0 saturated carbocycles. The maximum atomic E-state index is 13.0. The molecule has 0 aromatic carbocycles. The molecule has 8 nitrogen and oxygen atoms in total. The summed E-state index contributed by atoms with van der Waals surface area (Å²) in [5.41, 5.74) is 0. The Labute approximate surface area is 524 Å². The Kier molecular flexibility index (Phi) is 64.7. The van der Waals surface area contributed by atoms with E-state index in [0.717, 1.165) is 44.9 Å². The van der Waals surface area contributed by atoms with Crippen molar-refractivity contribution in [3.05, 3.63) is 48.6 Å². The molecule has 0 aliphatic rings. The molecule has 0 fully saturated rings. The lowest BCUT2D eigenvalue weighted by atomic mass is 10.0. The summed E-state index contributed by atoms with van der Waals surface area (Å²) < 4.78 is 23.5. The van der Waals surface area contributed by atoms with Crippen LogP contribution in [0.2, 0.25) is 0 Å². The Morgan fingerprint density at radius 3 is 0.964 bits per heavy atom. The minimum Gasteiger partial charge on any atom is -0.756 e. The summed E-state index contributed by atoms with van der Waals surface area (Å²) in [7, 11) is 1.25. The molecule has 0 aliphatic heterocycles. The molecular weight excluding hydrogens is 1060 g/mol. The van der Waals surface area contributed by atoms with Crippen LogP contribution in [-0.2, 0) is 18.4 Å². The maximum Gasteiger partial charge on any atom is 0.268 e. The number of unbranched alkanes of at least 4 members (excludes halogenated alkanes) is 50. The number of likely N-dealkylation sites (N-methyl/N-ethyl adjacent to an activating group) is 1. The molecule has 496 valence electrons. The number of rotatable bonds is 69. The zero-order chi connectivity index (χ0) is 61.2. The lowest BCUT2D eigenvalue weighted by Crippen LogP contribution is -2.45. The highest BCUT2D eigenvalue weighted by atomic mass is 31.2. The van der Waals surface area contributed by atoms with E-state index in [1.165, 1.54) is 308 Å². The van der Waals surface area contributed by atoms with Crippen LogP contribution < -0.4 is 10.2 Å². The zero-order valence-corrected chi connectivity index (χ0v) is 57.8. The second-order valence-corrected chi connectivity index (χ2v) is 28.0. The van der Waals surface area contributed by atoms with E-state index in [1.54, 1.807) is 6.08 Å². The molecule has 0 bridgehead atoms. The number of amides is 1. The smallest absolute Gasteiger partial charge is 0.268 e. The van der Waals surface area contributed by atoms with E-state index in [-0.39, 0.29) is 12.5 Å². The molecule has 0 radical (unpaired) electrons. The van der Waals surface area contributed by atoms with Gasteiger partial charge in [-0.25, -0.2) is 0 Å². The predicted molar refractivity (Wildman–Crippen MR) is 367 cm³/mol. The standard InChI is InChI=1S/C75H145N2O6P/c1-6-8-10-12-14-16-18-20-22-24-26-28-30-32-34-36-37-38-39-41-43-45-47-49-51-53-55-57-59-61-63-65-67-69-75(79)76-73(72-83-84(80,81)82-71-70-77(3,4)5)74(78)68-66-64-62-60-58-56-54-52-50-48-46-44-42-40-35-33-31-29-27-25-23-21-19-17-15-13-11-9-7-2/h24,26,50,52,58,60,66,68,73-74,78H,6-23,25,27-49,51,53-57,59,61-65,67,69-72H2,1-5H3,(H-,76,79,80,81)/b26-24-,52-50+,60-58+,68-66+. The van der Waals surface area contributed by atoms with Crippen molar-refractivity contribution in [3.8, 4) is 0 Å². The summed E-state index contributed by atoms with van der Waals surface area (Å²) in [4.78, 5) is 25.6. The number of hydrogen-bond donors (Lipinski definition) is 2. The first-order valence-electron chi connectivity index (χ1n) is 37.0. The van der Waals surface area contributed by atoms with Gasteiger partial charge in [0.05, 0.1) is 39.9 Å². The van der Waals surface area contributed by atoms with Crippen molar-refractivity contribution in [2.75, 3.05) is 40.9 Å². The molecule has 84 heavy (non-hydrogen) atoms. The first-order valence-corrected chi connectivity index (χ1v) is 38.5. The van der Waals surface area contributed by atoms with Gasteiger partial charge in [0.25, 0.3) is 7.82 Å². The minimum atomic E-state index is -4.62. The number of carbonyl (C=O) groups excluding carboxylic acids is 1. The number of aliphatic hydroxyl groups excluding tert-OH is 1. The van der Waals surface area contributed by atoms with Gasteiger partial charge in [0.2, 0.25) is 5.91 Å². The summed E-state index contributed by atoms with van der Waals surface area (Å²) >= 11 is 0. The highest BCUT2D eigenvalue weighted by Gasteiger charge is 2.23. The number of hydrogen-bond acceptors (Lipinski definition) is 6. The van der Waals surface area contributed by atoms with Gasteiger partial charge in [0.15, 0.2) is 0 Å². The zero-order valence-electron chi connectivity index (χ0n) is 56.9. The van der Waals surface area contributed by atoms with E-state index in [1.807, 2.05) is 27.2 Å². The Morgan fingerprint density at radius 2 is 0.667 bits per heavy atom. The van der Waals surface area contributed by atoms with E-state index < -0.39 is 26.6 Å². The van der Waals surface area contributed by atoms with Gasteiger partial charge < -0.3 is 28.8 Å². The third-order valence-electron chi connectivity index (χ3n) is 17.0. The summed E-state index contributed by atoms with van der Waals surface area (Å²) in [5, 5.41) is 14.0. The van der Waals surface area contributed by atoms with E-state index in [0.29, 0.717) is 17.4 Å². The number of phosphoric acid groups is 1. The molecule has 0 aromatic rings. The fraction of sp³-hybridized carbons (Fsp3) is 0.880. The molecule has 0 heterocycles. The summed E-state index contributed by atoms with van der Waals surface area (Å²) in [5.74, 6) is -0.204. The quantitative estimate of drug-likeness (QED) is 0.0272. The normalized spacial score (nSPS) is 13.8. The van der Waals surface area contributed by atoms with Gasteiger partial charge in [0.1, 0.15) is 13.2 Å². The first kappa shape index (κ1) is 82.5. The van der Waals surface area contributed by atoms with Crippen molar-refractivity contribution < 1.29 is 32.9 Å². The van der Waals surface area contributed by atoms with Gasteiger partial charge in [-0.2, -0.15) is 0 Å². The number of carbonyl (C=O) groups is 1. The Bertz CT molecular complexity index is 1510. The molecule has 9 heteroatoms. The largest absolute Gasteiger partial charge is 0.756 e. The van der Waals surface area contributed by atoms with Crippen LogP contribution in [0.3, 0.4) is 0 Å². The van der Waals surface area contributed by atoms with Crippen LogP contribution in [0.5, 0.6) is 0 Å². The topological polar surface area (TPSA) is 108 Å².